The monoisotopic (exact) mass is 696 g/mol. The van der Waals surface area contributed by atoms with Gasteiger partial charge in [-0.2, -0.15) is 0 Å². The zero-order chi connectivity index (χ0) is 25.7. The maximum absolute atomic E-state index is 9.41. The van der Waals surface area contributed by atoms with Crippen LogP contribution in [0.25, 0.3) is 32.7 Å². The Kier molecular flexibility index (Phi) is 10.3. The number of rotatable bonds is 0. The van der Waals surface area contributed by atoms with Crippen LogP contribution in [0.5, 0.6) is 17.2 Å². The molecule has 6 aromatic rings. The molecule has 0 aliphatic carbocycles. The molecule has 0 bridgehead atoms. The third kappa shape index (κ3) is 6.78. The molecule has 183 valence electrons. The molecule has 0 aliphatic rings. The van der Waals surface area contributed by atoms with Crippen molar-refractivity contribution in [2.24, 2.45) is 0 Å². The Hall–Kier alpha value is -2.74. The van der Waals surface area contributed by atoms with E-state index in [0.29, 0.717) is 16.6 Å². The largest absolute Gasteiger partial charge is 0.506 e. The molecule has 3 aromatic heterocycles. The molecule has 0 saturated carbocycles. The SMILES string of the molecule is Oc1ccc(Br)c2cccnc12.Oc1ccc(Br)c2cccnc12.Oc1ccc(Br)c2cccnc12.[Al]. The van der Waals surface area contributed by atoms with Gasteiger partial charge in [0, 0.05) is 65.5 Å². The van der Waals surface area contributed by atoms with E-state index in [2.05, 4.69) is 62.7 Å². The molecule has 0 aliphatic heterocycles. The molecule has 10 heteroatoms. The molecule has 3 radical (unpaired) electrons. The van der Waals surface area contributed by atoms with Crippen LogP contribution in [0.1, 0.15) is 0 Å². The zero-order valence-corrected chi connectivity index (χ0v) is 25.0. The first kappa shape index (κ1) is 28.8. The molecule has 3 aromatic carbocycles. The van der Waals surface area contributed by atoms with Gasteiger partial charge in [-0.25, -0.2) is 0 Å². The Balaban J connectivity index is 0.000000152. The van der Waals surface area contributed by atoms with E-state index in [4.69, 9.17) is 0 Å². The summed E-state index contributed by atoms with van der Waals surface area (Å²) in [5.74, 6) is 0.649. The fraction of sp³-hybridized carbons (Fsp3) is 0. The molecule has 37 heavy (non-hydrogen) atoms. The molecular weight excluding hydrogens is 681 g/mol. The number of pyridine rings is 3. The molecular formula is C27H18AlBr3N3O3. The van der Waals surface area contributed by atoms with Gasteiger partial charge in [-0.3, -0.25) is 15.0 Å². The predicted octanol–water partition coefficient (Wildman–Crippen LogP) is 7.73. The Morgan fingerprint density at radius 3 is 0.946 bits per heavy atom. The van der Waals surface area contributed by atoms with E-state index in [1.165, 1.54) is 0 Å². The van der Waals surface area contributed by atoms with Crippen molar-refractivity contribution >= 4 is 97.9 Å². The number of nitrogens with zero attached hydrogens (tertiary/aromatic N) is 3. The quantitative estimate of drug-likeness (QED) is 0.141. The summed E-state index contributed by atoms with van der Waals surface area (Å²) in [7, 11) is 0. The normalized spacial score (nSPS) is 10.1. The van der Waals surface area contributed by atoms with Crippen LogP contribution in [0.15, 0.2) is 105 Å². The summed E-state index contributed by atoms with van der Waals surface area (Å²) in [6.45, 7) is 0. The smallest absolute Gasteiger partial charge is 0.141 e. The molecule has 0 spiro atoms. The maximum Gasteiger partial charge on any atom is 0.141 e. The Morgan fingerprint density at radius 2 is 0.703 bits per heavy atom. The molecule has 6 nitrogen and oxygen atoms in total. The fourth-order valence-electron chi connectivity index (χ4n) is 3.37. The van der Waals surface area contributed by atoms with Crippen LogP contribution in [0.2, 0.25) is 0 Å². The third-order valence-corrected chi connectivity index (χ3v) is 7.16. The summed E-state index contributed by atoms with van der Waals surface area (Å²) in [5, 5.41) is 31.0. The van der Waals surface area contributed by atoms with Gasteiger partial charge in [-0.05, 0) is 54.6 Å². The van der Waals surface area contributed by atoms with Crippen LogP contribution in [0, 0.1) is 0 Å². The third-order valence-electron chi connectivity index (χ3n) is 5.09. The molecule has 0 atom stereocenters. The maximum atomic E-state index is 9.41. The summed E-state index contributed by atoms with van der Waals surface area (Å²) < 4.78 is 2.84. The average Bonchev–Trinajstić information content (AvgIpc) is 2.92. The second-order valence-electron chi connectivity index (χ2n) is 7.40. The first-order valence-corrected chi connectivity index (χ1v) is 12.9. The fourth-order valence-corrected chi connectivity index (χ4v) is 4.73. The topological polar surface area (TPSA) is 99.4 Å². The molecule has 3 heterocycles. The van der Waals surface area contributed by atoms with Crippen molar-refractivity contribution in [3.63, 3.8) is 0 Å². The van der Waals surface area contributed by atoms with E-state index in [9.17, 15) is 15.3 Å². The summed E-state index contributed by atoms with van der Waals surface area (Å²) in [5.41, 5.74) is 1.89. The number of benzene rings is 3. The van der Waals surface area contributed by atoms with Crippen molar-refractivity contribution in [1.29, 1.82) is 0 Å². The number of fused-ring (bicyclic) bond motifs is 3. The van der Waals surface area contributed by atoms with Crippen molar-refractivity contribution in [2.75, 3.05) is 0 Å². The highest BCUT2D eigenvalue weighted by atomic mass is 79.9. The van der Waals surface area contributed by atoms with Gasteiger partial charge in [0.2, 0.25) is 0 Å². The van der Waals surface area contributed by atoms with Gasteiger partial charge in [0.1, 0.15) is 33.8 Å². The van der Waals surface area contributed by atoms with Gasteiger partial charge in [0.25, 0.3) is 0 Å². The van der Waals surface area contributed by atoms with E-state index in [1.807, 2.05) is 36.4 Å². The minimum atomic E-state index is 0. The lowest BCUT2D eigenvalue weighted by Gasteiger charge is -2.00. The van der Waals surface area contributed by atoms with Gasteiger partial charge in [0.05, 0.1) is 0 Å². The van der Waals surface area contributed by atoms with E-state index >= 15 is 0 Å². The number of aromatic hydroxyl groups is 3. The average molecular weight is 699 g/mol. The second-order valence-corrected chi connectivity index (χ2v) is 9.96. The Morgan fingerprint density at radius 1 is 0.432 bits per heavy atom. The minimum absolute atomic E-state index is 0. The summed E-state index contributed by atoms with van der Waals surface area (Å²) in [4.78, 5) is 12.2. The molecule has 0 saturated heterocycles. The van der Waals surface area contributed by atoms with Crippen LogP contribution < -0.4 is 0 Å². The molecule has 0 amide bonds. The van der Waals surface area contributed by atoms with Crippen LogP contribution in [-0.4, -0.2) is 47.6 Å². The lowest BCUT2D eigenvalue weighted by molar-refractivity contribution is 0.480. The lowest BCUT2D eigenvalue weighted by atomic mass is 10.2. The zero-order valence-electron chi connectivity index (χ0n) is 19.1. The van der Waals surface area contributed by atoms with Crippen molar-refractivity contribution in [3.8, 4) is 17.2 Å². The van der Waals surface area contributed by atoms with Crippen molar-refractivity contribution < 1.29 is 15.3 Å². The summed E-state index contributed by atoms with van der Waals surface area (Å²) in [6.07, 6.45) is 4.98. The van der Waals surface area contributed by atoms with Crippen LogP contribution in [0.3, 0.4) is 0 Å². The summed E-state index contributed by atoms with van der Waals surface area (Å²) in [6, 6.07) is 21.5. The first-order chi connectivity index (χ1) is 17.4. The van der Waals surface area contributed by atoms with Crippen LogP contribution in [-0.2, 0) is 0 Å². The van der Waals surface area contributed by atoms with Crippen LogP contribution >= 0.6 is 47.8 Å². The van der Waals surface area contributed by atoms with Gasteiger partial charge in [-0.15, -0.1) is 0 Å². The first-order valence-electron chi connectivity index (χ1n) is 10.5. The number of halogens is 3. The van der Waals surface area contributed by atoms with Gasteiger partial charge >= 0.3 is 0 Å². The second kappa shape index (κ2) is 13.2. The highest BCUT2D eigenvalue weighted by Gasteiger charge is 2.04. The van der Waals surface area contributed by atoms with Crippen molar-refractivity contribution in [1.82, 2.24) is 15.0 Å². The highest BCUT2D eigenvalue weighted by Crippen LogP contribution is 2.30. The van der Waals surface area contributed by atoms with E-state index in [1.54, 1.807) is 55.0 Å². The van der Waals surface area contributed by atoms with Gasteiger partial charge in [-0.1, -0.05) is 66.0 Å². The highest BCUT2D eigenvalue weighted by molar-refractivity contribution is 9.11. The van der Waals surface area contributed by atoms with E-state index in [0.717, 1.165) is 29.6 Å². The molecule has 0 unspecified atom stereocenters. The lowest BCUT2D eigenvalue weighted by Crippen LogP contribution is -1.79. The minimum Gasteiger partial charge on any atom is -0.506 e. The van der Waals surface area contributed by atoms with Crippen molar-refractivity contribution in [2.45, 2.75) is 0 Å². The number of phenols is 3. The van der Waals surface area contributed by atoms with E-state index in [-0.39, 0.29) is 34.6 Å². The standard InChI is InChI=1S/3C9H6BrNO.Al/c3*10-7-3-4-8(12)9-6(7)2-1-5-11-9;/h3*1-5,12H;. The predicted molar refractivity (Wildman–Crippen MR) is 159 cm³/mol. The molecule has 0 fully saturated rings. The molecule has 3 N–H and O–H groups in total. The van der Waals surface area contributed by atoms with Crippen molar-refractivity contribution in [3.05, 3.63) is 105 Å². The number of aromatic nitrogens is 3. The molecule has 6 rings (SSSR count). The number of hydrogen-bond acceptors (Lipinski definition) is 6. The van der Waals surface area contributed by atoms with E-state index < -0.39 is 0 Å². The van der Waals surface area contributed by atoms with Crippen LogP contribution in [0.4, 0.5) is 0 Å². The van der Waals surface area contributed by atoms with Gasteiger partial charge in [0.15, 0.2) is 0 Å². The number of hydrogen-bond donors (Lipinski definition) is 3. The Labute approximate surface area is 248 Å². The summed E-state index contributed by atoms with van der Waals surface area (Å²) >= 11 is 10.1. The Bertz CT molecular complexity index is 1370. The number of phenolic OH excluding ortho intramolecular Hbond substituents is 3. The van der Waals surface area contributed by atoms with Gasteiger partial charge < -0.3 is 15.3 Å².